The quantitative estimate of drug-likeness (QED) is 0.163. The molecule has 0 aliphatic rings. The SMILES string of the molecule is c1ccc(-c2c3ccccc3c(-c3cccc4c3oc3ccc(-c5c6ccccc6c(-n6c7ccccc7c7ccccc76)c6ccccc56)cc34)c3ccccc23)cc1. The van der Waals surface area contributed by atoms with Gasteiger partial charge in [0.15, 0.2) is 0 Å². The Kier molecular flexibility index (Phi) is 7.05. The Morgan fingerprint density at radius 1 is 0.283 bits per heavy atom. The fourth-order valence-corrected chi connectivity index (χ4v) is 10.3. The fourth-order valence-electron chi connectivity index (χ4n) is 10.3. The Morgan fingerprint density at radius 3 is 1.28 bits per heavy atom. The average Bonchev–Trinajstić information content (AvgIpc) is 3.86. The van der Waals surface area contributed by atoms with Gasteiger partial charge in [-0.3, -0.25) is 0 Å². The van der Waals surface area contributed by atoms with E-state index in [1.807, 2.05) is 0 Å². The topological polar surface area (TPSA) is 18.1 Å². The second-order valence-corrected chi connectivity index (χ2v) is 15.9. The van der Waals surface area contributed by atoms with Crippen molar-refractivity contribution >= 4 is 86.8 Å². The van der Waals surface area contributed by atoms with E-state index in [1.165, 1.54) is 98.4 Å². The molecule has 0 atom stereocenters. The van der Waals surface area contributed by atoms with Crippen molar-refractivity contribution in [2.24, 2.45) is 0 Å². The Bertz CT molecular complexity index is 3720. The Hall–Kier alpha value is -7.94. The van der Waals surface area contributed by atoms with E-state index in [-0.39, 0.29) is 0 Å². The molecule has 0 bridgehead atoms. The highest BCUT2D eigenvalue weighted by Crippen LogP contribution is 2.48. The lowest BCUT2D eigenvalue weighted by molar-refractivity contribution is 0.670. The number of hydrogen-bond acceptors (Lipinski definition) is 1. The normalized spacial score (nSPS) is 12.0. The summed E-state index contributed by atoms with van der Waals surface area (Å²) in [6.45, 7) is 0. The zero-order chi connectivity index (χ0) is 39.3. The van der Waals surface area contributed by atoms with Gasteiger partial charge in [0, 0.05) is 43.4 Å². The first-order valence-corrected chi connectivity index (χ1v) is 20.7. The molecule has 60 heavy (non-hydrogen) atoms. The van der Waals surface area contributed by atoms with Crippen molar-refractivity contribution in [3.8, 4) is 39.1 Å². The number of hydrogen-bond donors (Lipinski definition) is 0. The lowest BCUT2D eigenvalue weighted by Gasteiger charge is -2.19. The first-order valence-electron chi connectivity index (χ1n) is 20.7. The molecule has 0 amide bonds. The molecular formula is C58H35NO. The summed E-state index contributed by atoms with van der Waals surface area (Å²) in [7, 11) is 0. The smallest absolute Gasteiger partial charge is 0.143 e. The summed E-state index contributed by atoms with van der Waals surface area (Å²) in [5.74, 6) is 0. The van der Waals surface area contributed by atoms with Gasteiger partial charge < -0.3 is 8.98 Å². The second kappa shape index (κ2) is 12.8. The summed E-state index contributed by atoms with van der Waals surface area (Å²) in [5, 5.41) is 14.5. The van der Waals surface area contributed by atoms with Crippen molar-refractivity contribution in [3.05, 3.63) is 212 Å². The van der Waals surface area contributed by atoms with Crippen LogP contribution in [0.3, 0.4) is 0 Å². The molecule has 2 aromatic heterocycles. The van der Waals surface area contributed by atoms with Gasteiger partial charge in [0.2, 0.25) is 0 Å². The van der Waals surface area contributed by atoms with E-state index in [2.05, 4.69) is 217 Å². The highest BCUT2D eigenvalue weighted by molar-refractivity contribution is 6.25. The number of para-hydroxylation sites is 3. The molecule has 278 valence electrons. The van der Waals surface area contributed by atoms with Gasteiger partial charge >= 0.3 is 0 Å². The lowest BCUT2D eigenvalue weighted by Crippen LogP contribution is -1.99. The second-order valence-electron chi connectivity index (χ2n) is 15.9. The maximum Gasteiger partial charge on any atom is 0.143 e. The minimum atomic E-state index is 0.881. The highest BCUT2D eigenvalue weighted by Gasteiger charge is 2.23. The number of furan rings is 1. The van der Waals surface area contributed by atoms with Gasteiger partial charge in [-0.05, 0) is 78.8 Å². The monoisotopic (exact) mass is 761 g/mol. The first-order chi connectivity index (χ1) is 29.8. The number of benzene rings is 11. The van der Waals surface area contributed by atoms with Crippen LogP contribution in [-0.2, 0) is 0 Å². The molecule has 2 heteroatoms. The predicted octanol–water partition coefficient (Wildman–Crippen LogP) is 16.3. The minimum Gasteiger partial charge on any atom is -0.455 e. The molecule has 0 fully saturated rings. The van der Waals surface area contributed by atoms with Crippen molar-refractivity contribution in [3.63, 3.8) is 0 Å². The summed E-state index contributed by atoms with van der Waals surface area (Å²) in [6, 6.07) is 77.3. The number of nitrogens with zero attached hydrogens (tertiary/aromatic N) is 1. The largest absolute Gasteiger partial charge is 0.455 e. The van der Waals surface area contributed by atoms with Crippen LogP contribution in [0.25, 0.3) is 126 Å². The molecule has 0 saturated carbocycles. The van der Waals surface area contributed by atoms with Crippen LogP contribution in [0.4, 0.5) is 0 Å². The fraction of sp³-hybridized carbons (Fsp3) is 0. The Balaban J connectivity index is 1.07. The van der Waals surface area contributed by atoms with Crippen LogP contribution in [0.1, 0.15) is 0 Å². The lowest BCUT2D eigenvalue weighted by atomic mass is 9.85. The van der Waals surface area contributed by atoms with Crippen LogP contribution in [0.2, 0.25) is 0 Å². The molecule has 0 spiro atoms. The van der Waals surface area contributed by atoms with Crippen molar-refractivity contribution in [1.29, 1.82) is 0 Å². The third-order valence-electron chi connectivity index (χ3n) is 12.8. The van der Waals surface area contributed by atoms with Gasteiger partial charge in [-0.15, -0.1) is 0 Å². The number of aromatic nitrogens is 1. The van der Waals surface area contributed by atoms with E-state index in [1.54, 1.807) is 0 Å². The van der Waals surface area contributed by atoms with Crippen LogP contribution in [-0.4, -0.2) is 4.57 Å². The molecule has 11 aromatic carbocycles. The van der Waals surface area contributed by atoms with Gasteiger partial charge in [-0.1, -0.05) is 188 Å². The number of rotatable bonds is 4. The molecule has 13 rings (SSSR count). The van der Waals surface area contributed by atoms with E-state index in [0.29, 0.717) is 0 Å². The van der Waals surface area contributed by atoms with Crippen LogP contribution in [0.5, 0.6) is 0 Å². The van der Waals surface area contributed by atoms with Gasteiger partial charge in [0.25, 0.3) is 0 Å². The molecule has 0 N–H and O–H groups in total. The van der Waals surface area contributed by atoms with Crippen molar-refractivity contribution in [1.82, 2.24) is 4.57 Å². The van der Waals surface area contributed by atoms with Crippen molar-refractivity contribution in [2.45, 2.75) is 0 Å². The number of fused-ring (bicyclic) bond motifs is 10. The molecular weight excluding hydrogens is 727 g/mol. The third-order valence-corrected chi connectivity index (χ3v) is 12.8. The van der Waals surface area contributed by atoms with E-state index in [9.17, 15) is 0 Å². The molecule has 0 unspecified atom stereocenters. The third kappa shape index (κ3) is 4.64. The molecule has 0 radical (unpaired) electrons. The van der Waals surface area contributed by atoms with Crippen LogP contribution in [0, 0.1) is 0 Å². The Morgan fingerprint density at radius 2 is 0.717 bits per heavy atom. The van der Waals surface area contributed by atoms with Crippen LogP contribution >= 0.6 is 0 Å². The summed E-state index contributed by atoms with van der Waals surface area (Å²) >= 11 is 0. The zero-order valence-corrected chi connectivity index (χ0v) is 32.6. The van der Waals surface area contributed by atoms with E-state index >= 15 is 0 Å². The molecule has 0 aliphatic carbocycles. The zero-order valence-electron chi connectivity index (χ0n) is 32.6. The van der Waals surface area contributed by atoms with E-state index in [0.717, 1.165) is 27.5 Å². The van der Waals surface area contributed by atoms with Crippen molar-refractivity contribution < 1.29 is 4.42 Å². The summed E-state index contributed by atoms with van der Waals surface area (Å²) in [5.41, 5.74) is 12.6. The van der Waals surface area contributed by atoms with Crippen LogP contribution in [0.15, 0.2) is 217 Å². The average molecular weight is 762 g/mol. The standard InChI is InChI=1S/C58H35NO/c1-2-17-36(18-3-1)54-40-21-4-6-23-42(40)56(43-24-7-5-22-41(43)54)49-30-16-29-48-50-35-37(33-34-53(50)60-58(48)49)55-44-25-8-10-27-46(44)57(47-28-11-9-26-45(47)55)59-51-31-14-12-19-38(51)39-20-13-15-32-52(39)59/h1-35H. The van der Waals surface area contributed by atoms with E-state index in [4.69, 9.17) is 4.42 Å². The first kappa shape index (κ1) is 33.1. The highest BCUT2D eigenvalue weighted by atomic mass is 16.3. The molecule has 2 nitrogen and oxygen atoms in total. The molecule has 2 heterocycles. The summed E-state index contributed by atoms with van der Waals surface area (Å²) in [4.78, 5) is 0. The van der Waals surface area contributed by atoms with Gasteiger partial charge in [-0.2, -0.15) is 0 Å². The summed E-state index contributed by atoms with van der Waals surface area (Å²) < 4.78 is 9.44. The Labute approximate surface area is 345 Å². The van der Waals surface area contributed by atoms with Gasteiger partial charge in [0.1, 0.15) is 11.2 Å². The summed E-state index contributed by atoms with van der Waals surface area (Å²) in [6.07, 6.45) is 0. The van der Waals surface area contributed by atoms with Crippen LogP contribution < -0.4 is 0 Å². The van der Waals surface area contributed by atoms with Crippen molar-refractivity contribution in [2.75, 3.05) is 0 Å². The predicted molar refractivity (Wildman–Crippen MR) is 254 cm³/mol. The van der Waals surface area contributed by atoms with E-state index < -0.39 is 0 Å². The molecule has 0 saturated heterocycles. The minimum absolute atomic E-state index is 0.881. The maximum absolute atomic E-state index is 6.96. The van der Waals surface area contributed by atoms with Gasteiger partial charge in [0.05, 0.1) is 16.7 Å². The maximum atomic E-state index is 6.96. The van der Waals surface area contributed by atoms with Gasteiger partial charge in [-0.25, -0.2) is 0 Å². The molecule has 13 aromatic rings. The molecule has 0 aliphatic heterocycles.